The summed E-state index contributed by atoms with van der Waals surface area (Å²) in [5.41, 5.74) is 2.57. The molecule has 0 aliphatic rings. The minimum atomic E-state index is 1.25. The van der Waals surface area contributed by atoms with Gasteiger partial charge in [-0.25, -0.2) is 0 Å². The van der Waals surface area contributed by atoms with Crippen molar-refractivity contribution in [1.29, 1.82) is 0 Å². The van der Waals surface area contributed by atoms with Crippen LogP contribution in [0.4, 0.5) is 0 Å². The lowest BCUT2D eigenvalue weighted by molar-refractivity contribution is 1.40. The molecule has 0 aliphatic heterocycles. The molecule has 0 N–H and O–H groups in total. The monoisotopic (exact) mass is 158 g/mol. The summed E-state index contributed by atoms with van der Waals surface area (Å²) < 4.78 is 0. The van der Waals surface area contributed by atoms with Crippen LogP contribution in [-0.4, -0.2) is 0 Å². The molecule has 62 valence electrons. The molecule has 0 bridgehead atoms. The van der Waals surface area contributed by atoms with E-state index in [4.69, 9.17) is 0 Å². The first-order chi connectivity index (χ1) is 5.79. The van der Waals surface area contributed by atoms with E-state index in [9.17, 15) is 0 Å². The van der Waals surface area contributed by atoms with Crippen molar-refractivity contribution in [2.45, 2.75) is 13.8 Å². The van der Waals surface area contributed by atoms with Crippen LogP contribution in [0.2, 0.25) is 0 Å². The van der Waals surface area contributed by atoms with Crippen molar-refractivity contribution >= 4 is 6.08 Å². The van der Waals surface area contributed by atoms with Crippen LogP contribution in [0.25, 0.3) is 6.08 Å². The fourth-order valence-corrected chi connectivity index (χ4v) is 0.916. The number of hydrogen-bond donors (Lipinski definition) is 0. The number of rotatable bonds is 2. The van der Waals surface area contributed by atoms with Gasteiger partial charge in [0.1, 0.15) is 0 Å². The van der Waals surface area contributed by atoms with Gasteiger partial charge in [0.2, 0.25) is 0 Å². The normalized spacial score (nSPS) is 10.2. The topological polar surface area (TPSA) is 0 Å². The predicted octanol–water partition coefficient (Wildman–Crippen LogP) is 3.67. The molecule has 0 fully saturated rings. The third-order valence-electron chi connectivity index (χ3n) is 1.52. The molecule has 0 saturated heterocycles. The predicted molar refractivity (Wildman–Crippen MR) is 54.9 cm³/mol. The van der Waals surface area contributed by atoms with Crippen molar-refractivity contribution in [2.24, 2.45) is 0 Å². The van der Waals surface area contributed by atoms with Crippen LogP contribution in [0, 0.1) is 0 Å². The molecule has 0 heteroatoms. The Kier molecular flexibility index (Phi) is 3.34. The maximum atomic E-state index is 2.10. The highest BCUT2D eigenvalue weighted by atomic mass is 13.9. The third-order valence-corrected chi connectivity index (χ3v) is 1.52. The number of allylic oxidation sites excluding steroid dienone is 3. The van der Waals surface area contributed by atoms with E-state index in [2.05, 4.69) is 44.2 Å². The second kappa shape index (κ2) is 4.55. The lowest BCUT2D eigenvalue weighted by atomic mass is 10.2. The van der Waals surface area contributed by atoms with Gasteiger partial charge in [0.05, 0.1) is 0 Å². The zero-order chi connectivity index (χ0) is 8.81. The van der Waals surface area contributed by atoms with E-state index in [0.29, 0.717) is 0 Å². The molecule has 0 radical (unpaired) electrons. The molecular formula is C12H14. The Morgan fingerprint density at radius 3 is 2.33 bits per heavy atom. The van der Waals surface area contributed by atoms with Crippen LogP contribution in [0.15, 0.2) is 48.1 Å². The van der Waals surface area contributed by atoms with Crippen LogP contribution >= 0.6 is 0 Å². The van der Waals surface area contributed by atoms with Gasteiger partial charge >= 0.3 is 0 Å². The second-order valence-corrected chi connectivity index (χ2v) is 3.01. The molecule has 0 saturated carbocycles. The molecule has 0 nitrogen and oxygen atoms in total. The number of hydrogen-bond acceptors (Lipinski definition) is 0. The summed E-state index contributed by atoms with van der Waals surface area (Å²) in [5.74, 6) is 0. The minimum absolute atomic E-state index is 1.25. The van der Waals surface area contributed by atoms with Crippen molar-refractivity contribution in [2.75, 3.05) is 0 Å². The molecule has 1 aromatic rings. The molecule has 1 aromatic carbocycles. The molecule has 12 heavy (non-hydrogen) atoms. The van der Waals surface area contributed by atoms with Gasteiger partial charge in [0.25, 0.3) is 0 Å². The van der Waals surface area contributed by atoms with E-state index in [1.54, 1.807) is 0 Å². The molecule has 0 spiro atoms. The van der Waals surface area contributed by atoms with E-state index in [1.165, 1.54) is 11.1 Å². The van der Waals surface area contributed by atoms with Gasteiger partial charge in [0.15, 0.2) is 0 Å². The minimum Gasteiger partial charge on any atom is -0.0764 e. The van der Waals surface area contributed by atoms with E-state index in [1.807, 2.05) is 18.2 Å². The van der Waals surface area contributed by atoms with Gasteiger partial charge < -0.3 is 0 Å². The summed E-state index contributed by atoms with van der Waals surface area (Å²) >= 11 is 0. The Labute approximate surface area is 74.2 Å². The Bertz CT molecular complexity index is 274. The summed E-state index contributed by atoms with van der Waals surface area (Å²) in [4.78, 5) is 0. The van der Waals surface area contributed by atoms with E-state index < -0.39 is 0 Å². The number of benzene rings is 1. The first-order valence-electron chi connectivity index (χ1n) is 4.15. The average Bonchev–Trinajstić information content (AvgIpc) is 2.05. The third kappa shape index (κ3) is 3.20. The lowest BCUT2D eigenvalue weighted by Crippen LogP contribution is -1.67. The van der Waals surface area contributed by atoms with Crippen LogP contribution in [0.3, 0.4) is 0 Å². The zero-order valence-corrected chi connectivity index (χ0v) is 7.62. The van der Waals surface area contributed by atoms with Crippen LogP contribution in [0.5, 0.6) is 0 Å². The van der Waals surface area contributed by atoms with Crippen LogP contribution in [0.1, 0.15) is 19.4 Å². The molecule has 0 heterocycles. The van der Waals surface area contributed by atoms with E-state index in [0.717, 1.165) is 0 Å². The summed E-state index contributed by atoms with van der Waals surface area (Å²) in [6.07, 6.45) is 6.28. The van der Waals surface area contributed by atoms with Crippen molar-refractivity contribution in [3.63, 3.8) is 0 Å². The zero-order valence-electron chi connectivity index (χ0n) is 7.62. The van der Waals surface area contributed by atoms with Gasteiger partial charge in [-0.2, -0.15) is 0 Å². The van der Waals surface area contributed by atoms with Crippen molar-refractivity contribution in [1.82, 2.24) is 0 Å². The Hall–Kier alpha value is -1.30. The fourth-order valence-electron chi connectivity index (χ4n) is 0.916. The second-order valence-electron chi connectivity index (χ2n) is 3.01. The molecule has 0 aliphatic carbocycles. The summed E-state index contributed by atoms with van der Waals surface area (Å²) in [5, 5.41) is 0. The van der Waals surface area contributed by atoms with E-state index in [-0.39, 0.29) is 0 Å². The van der Waals surface area contributed by atoms with Gasteiger partial charge in [-0.3, -0.25) is 0 Å². The SMILES string of the molecule is CC(C)=C/C=C\c1ccccc1. The van der Waals surface area contributed by atoms with E-state index >= 15 is 0 Å². The Balaban J connectivity index is 2.64. The smallest absolute Gasteiger partial charge is 0.0257 e. The first-order valence-corrected chi connectivity index (χ1v) is 4.15. The van der Waals surface area contributed by atoms with Gasteiger partial charge in [-0.1, -0.05) is 54.1 Å². The summed E-state index contributed by atoms with van der Waals surface area (Å²) in [6, 6.07) is 10.3. The maximum Gasteiger partial charge on any atom is -0.0257 e. The Morgan fingerprint density at radius 2 is 1.75 bits per heavy atom. The van der Waals surface area contributed by atoms with Gasteiger partial charge in [-0.15, -0.1) is 0 Å². The maximum absolute atomic E-state index is 2.10. The highest BCUT2D eigenvalue weighted by molar-refractivity contribution is 5.50. The molecule has 1 rings (SSSR count). The lowest BCUT2D eigenvalue weighted by Gasteiger charge is -1.89. The van der Waals surface area contributed by atoms with Gasteiger partial charge in [0, 0.05) is 0 Å². The van der Waals surface area contributed by atoms with Gasteiger partial charge in [-0.05, 0) is 19.4 Å². The van der Waals surface area contributed by atoms with Crippen molar-refractivity contribution < 1.29 is 0 Å². The standard InChI is InChI=1S/C12H14/c1-11(2)7-6-10-12-8-4-3-5-9-12/h3-10H,1-2H3/b10-6-. The molecule has 0 aromatic heterocycles. The summed E-state index contributed by atoms with van der Waals surface area (Å²) in [6.45, 7) is 4.19. The Morgan fingerprint density at radius 1 is 1.08 bits per heavy atom. The van der Waals surface area contributed by atoms with Crippen molar-refractivity contribution in [3.8, 4) is 0 Å². The molecular weight excluding hydrogens is 144 g/mol. The molecule has 0 atom stereocenters. The molecule has 0 unspecified atom stereocenters. The average molecular weight is 158 g/mol. The van der Waals surface area contributed by atoms with Crippen LogP contribution < -0.4 is 0 Å². The largest absolute Gasteiger partial charge is 0.0764 e. The first kappa shape index (κ1) is 8.79. The quantitative estimate of drug-likeness (QED) is 0.576. The highest BCUT2D eigenvalue weighted by Gasteiger charge is 1.79. The van der Waals surface area contributed by atoms with Crippen molar-refractivity contribution in [3.05, 3.63) is 53.6 Å². The highest BCUT2D eigenvalue weighted by Crippen LogP contribution is 2.01. The summed E-state index contributed by atoms with van der Waals surface area (Å²) in [7, 11) is 0. The molecule has 0 amide bonds. The fraction of sp³-hybridized carbons (Fsp3) is 0.167. The van der Waals surface area contributed by atoms with Crippen LogP contribution in [-0.2, 0) is 0 Å².